The minimum absolute atomic E-state index is 0.0606. The van der Waals surface area contributed by atoms with Crippen LogP contribution in [0.5, 0.6) is 0 Å². The molecule has 0 aromatic carbocycles. The van der Waals surface area contributed by atoms with Crippen LogP contribution in [0.1, 0.15) is 40.5 Å². The molecule has 0 radical (unpaired) electrons. The first kappa shape index (κ1) is 11.7. The van der Waals surface area contributed by atoms with Crippen molar-refractivity contribution < 1.29 is 4.79 Å². The minimum Gasteiger partial charge on any atom is -0.317 e. The highest BCUT2D eigenvalue weighted by molar-refractivity contribution is 5.86. The van der Waals surface area contributed by atoms with Gasteiger partial charge in [0.25, 0.3) is 0 Å². The zero-order chi connectivity index (χ0) is 10.8. The number of nitrogens with one attached hydrogen (secondary N) is 1. The Labute approximate surface area is 87.5 Å². The fraction of sp³-hybridized carbons (Fsp3) is 0.917. The molecule has 0 aromatic heterocycles. The molecule has 2 heteroatoms. The highest BCUT2D eigenvalue weighted by Crippen LogP contribution is 2.33. The maximum atomic E-state index is 12.2. The van der Waals surface area contributed by atoms with Crippen molar-refractivity contribution in [1.29, 1.82) is 0 Å². The van der Waals surface area contributed by atoms with Crippen LogP contribution in [0.2, 0.25) is 0 Å². The molecular formula is C12H23NO. The number of piperidine rings is 1. The SMILES string of the molecule is CC(C)C(C)C(=O)C1(C)CCNCC1. The molecular weight excluding hydrogens is 174 g/mol. The van der Waals surface area contributed by atoms with Gasteiger partial charge in [-0.25, -0.2) is 0 Å². The van der Waals surface area contributed by atoms with Gasteiger partial charge < -0.3 is 5.32 Å². The summed E-state index contributed by atoms with van der Waals surface area (Å²) in [7, 11) is 0. The molecule has 1 saturated heterocycles. The molecule has 1 fully saturated rings. The van der Waals surface area contributed by atoms with E-state index in [4.69, 9.17) is 0 Å². The highest BCUT2D eigenvalue weighted by atomic mass is 16.1. The Balaban J connectivity index is 2.66. The Kier molecular flexibility index (Phi) is 3.71. The number of rotatable bonds is 3. The molecule has 1 atom stereocenters. The first-order valence-electron chi connectivity index (χ1n) is 5.72. The summed E-state index contributed by atoms with van der Waals surface area (Å²) in [5, 5.41) is 3.31. The van der Waals surface area contributed by atoms with Gasteiger partial charge in [-0.2, -0.15) is 0 Å². The fourth-order valence-electron chi connectivity index (χ4n) is 2.08. The molecule has 0 bridgehead atoms. The van der Waals surface area contributed by atoms with E-state index in [9.17, 15) is 4.79 Å². The number of ketones is 1. The third-order valence-electron chi connectivity index (χ3n) is 3.72. The lowest BCUT2D eigenvalue weighted by Gasteiger charge is -2.35. The van der Waals surface area contributed by atoms with E-state index >= 15 is 0 Å². The third-order valence-corrected chi connectivity index (χ3v) is 3.72. The van der Waals surface area contributed by atoms with E-state index in [0.717, 1.165) is 25.9 Å². The lowest BCUT2D eigenvalue weighted by atomic mass is 9.71. The van der Waals surface area contributed by atoms with Crippen molar-refractivity contribution in [3.8, 4) is 0 Å². The topological polar surface area (TPSA) is 29.1 Å². The molecule has 2 nitrogen and oxygen atoms in total. The van der Waals surface area contributed by atoms with Crippen LogP contribution in [0.4, 0.5) is 0 Å². The van der Waals surface area contributed by atoms with Gasteiger partial charge in [-0.3, -0.25) is 4.79 Å². The molecule has 0 amide bonds. The second-order valence-corrected chi connectivity index (χ2v) is 5.21. The third kappa shape index (κ3) is 2.35. The average molecular weight is 197 g/mol. The second kappa shape index (κ2) is 4.43. The van der Waals surface area contributed by atoms with E-state index in [1.54, 1.807) is 0 Å². The van der Waals surface area contributed by atoms with Gasteiger partial charge in [0.2, 0.25) is 0 Å². The van der Waals surface area contributed by atoms with Crippen LogP contribution in [0, 0.1) is 17.3 Å². The van der Waals surface area contributed by atoms with Crippen molar-refractivity contribution in [1.82, 2.24) is 5.32 Å². The Morgan fingerprint density at radius 1 is 1.21 bits per heavy atom. The molecule has 14 heavy (non-hydrogen) atoms. The van der Waals surface area contributed by atoms with Crippen molar-refractivity contribution in [3.05, 3.63) is 0 Å². The van der Waals surface area contributed by atoms with Crippen LogP contribution in [0.15, 0.2) is 0 Å². The Hall–Kier alpha value is -0.370. The van der Waals surface area contributed by atoms with Crippen molar-refractivity contribution in [2.45, 2.75) is 40.5 Å². The van der Waals surface area contributed by atoms with Crippen LogP contribution in [-0.4, -0.2) is 18.9 Å². The summed E-state index contributed by atoms with van der Waals surface area (Å²) in [6.45, 7) is 10.5. The summed E-state index contributed by atoms with van der Waals surface area (Å²) in [6, 6.07) is 0. The number of hydrogen-bond acceptors (Lipinski definition) is 2. The van der Waals surface area contributed by atoms with Crippen molar-refractivity contribution in [2.75, 3.05) is 13.1 Å². The first-order valence-corrected chi connectivity index (χ1v) is 5.72. The van der Waals surface area contributed by atoms with Crippen LogP contribution in [-0.2, 0) is 4.79 Å². The lowest BCUT2D eigenvalue weighted by Crippen LogP contribution is -2.43. The first-order chi connectivity index (χ1) is 6.47. The molecule has 82 valence electrons. The fourth-order valence-corrected chi connectivity index (χ4v) is 2.08. The lowest BCUT2D eigenvalue weighted by molar-refractivity contribution is -0.134. The highest BCUT2D eigenvalue weighted by Gasteiger charge is 2.37. The molecule has 1 N–H and O–H groups in total. The Bertz CT molecular complexity index is 204. The molecule has 0 aromatic rings. The van der Waals surface area contributed by atoms with Crippen molar-refractivity contribution in [2.24, 2.45) is 17.3 Å². The smallest absolute Gasteiger partial charge is 0.141 e. The van der Waals surface area contributed by atoms with Crippen molar-refractivity contribution in [3.63, 3.8) is 0 Å². The Morgan fingerprint density at radius 2 is 1.71 bits per heavy atom. The molecule has 1 heterocycles. The summed E-state index contributed by atoms with van der Waals surface area (Å²) in [5.74, 6) is 1.14. The molecule has 0 saturated carbocycles. The summed E-state index contributed by atoms with van der Waals surface area (Å²) in [6.07, 6.45) is 2.01. The van der Waals surface area contributed by atoms with Gasteiger partial charge in [-0.1, -0.05) is 27.7 Å². The van der Waals surface area contributed by atoms with E-state index in [0.29, 0.717) is 11.7 Å². The Morgan fingerprint density at radius 3 is 2.14 bits per heavy atom. The zero-order valence-electron chi connectivity index (χ0n) is 9.89. The zero-order valence-corrected chi connectivity index (χ0v) is 9.89. The van der Waals surface area contributed by atoms with Gasteiger partial charge in [0.1, 0.15) is 5.78 Å². The number of carbonyl (C=O) groups excluding carboxylic acids is 1. The van der Waals surface area contributed by atoms with Gasteiger partial charge in [-0.05, 0) is 31.8 Å². The second-order valence-electron chi connectivity index (χ2n) is 5.21. The number of hydrogen-bond donors (Lipinski definition) is 1. The van der Waals surface area contributed by atoms with Crippen LogP contribution < -0.4 is 5.32 Å². The average Bonchev–Trinajstić information content (AvgIpc) is 2.16. The van der Waals surface area contributed by atoms with Gasteiger partial charge in [-0.15, -0.1) is 0 Å². The van der Waals surface area contributed by atoms with E-state index in [-0.39, 0.29) is 11.3 Å². The van der Waals surface area contributed by atoms with Crippen LogP contribution >= 0.6 is 0 Å². The van der Waals surface area contributed by atoms with Gasteiger partial charge in [0, 0.05) is 11.3 Å². The van der Waals surface area contributed by atoms with Crippen LogP contribution in [0.25, 0.3) is 0 Å². The molecule has 0 aliphatic carbocycles. The predicted octanol–water partition coefficient (Wildman–Crippen LogP) is 2.24. The quantitative estimate of drug-likeness (QED) is 0.751. The molecule has 0 spiro atoms. The van der Waals surface area contributed by atoms with Gasteiger partial charge in [0.05, 0.1) is 0 Å². The van der Waals surface area contributed by atoms with Crippen molar-refractivity contribution >= 4 is 5.78 Å². The minimum atomic E-state index is -0.0606. The number of Topliss-reactive ketones (excluding diaryl/α,β-unsaturated/α-hetero) is 1. The van der Waals surface area contributed by atoms with Gasteiger partial charge in [0.15, 0.2) is 0 Å². The maximum absolute atomic E-state index is 12.2. The monoisotopic (exact) mass is 197 g/mol. The van der Waals surface area contributed by atoms with Gasteiger partial charge >= 0.3 is 0 Å². The largest absolute Gasteiger partial charge is 0.317 e. The van der Waals surface area contributed by atoms with Crippen LogP contribution in [0.3, 0.4) is 0 Å². The van der Waals surface area contributed by atoms with E-state index in [1.165, 1.54) is 0 Å². The molecule has 1 aliphatic rings. The summed E-state index contributed by atoms with van der Waals surface area (Å²) >= 11 is 0. The summed E-state index contributed by atoms with van der Waals surface area (Å²) in [5.41, 5.74) is -0.0606. The standard InChI is InChI=1S/C12H23NO/c1-9(2)10(3)11(14)12(4)5-7-13-8-6-12/h9-10,13H,5-8H2,1-4H3. The summed E-state index contributed by atoms with van der Waals surface area (Å²) in [4.78, 5) is 12.2. The van der Waals surface area contributed by atoms with E-state index < -0.39 is 0 Å². The molecule has 1 rings (SSSR count). The predicted molar refractivity (Wildman–Crippen MR) is 59.2 cm³/mol. The number of carbonyl (C=O) groups is 1. The summed E-state index contributed by atoms with van der Waals surface area (Å²) < 4.78 is 0. The maximum Gasteiger partial charge on any atom is 0.141 e. The molecule has 1 unspecified atom stereocenters. The van der Waals surface area contributed by atoms with E-state index in [1.807, 2.05) is 0 Å². The molecule has 1 aliphatic heterocycles. The normalized spacial score (nSPS) is 23.5. The van der Waals surface area contributed by atoms with E-state index in [2.05, 4.69) is 33.0 Å².